The zero-order valence-electron chi connectivity index (χ0n) is 13.5. The first-order valence-corrected chi connectivity index (χ1v) is 7.52. The molecule has 1 amide bonds. The summed E-state index contributed by atoms with van der Waals surface area (Å²) in [5, 5.41) is 12.0. The second-order valence-corrected chi connectivity index (χ2v) is 5.80. The van der Waals surface area contributed by atoms with Gasteiger partial charge in [0.1, 0.15) is 5.75 Å². The van der Waals surface area contributed by atoms with E-state index in [0.29, 0.717) is 19.4 Å². The van der Waals surface area contributed by atoms with Crippen molar-refractivity contribution in [1.29, 1.82) is 0 Å². The van der Waals surface area contributed by atoms with Crippen molar-refractivity contribution in [2.75, 3.05) is 13.2 Å². The van der Waals surface area contributed by atoms with E-state index in [0.717, 1.165) is 23.3 Å². The molecule has 4 nitrogen and oxygen atoms in total. The fourth-order valence-corrected chi connectivity index (χ4v) is 2.09. The minimum atomic E-state index is -0.342. The Morgan fingerprint density at radius 1 is 1.38 bits per heavy atom. The topological polar surface area (TPSA) is 58.6 Å². The van der Waals surface area contributed by atoms with Gasteiger partial charge in [-0.15, -0.1) is 0 Å². The summed E-state index contributed by atoms with van der Waals surface area (Å²) in [5.74, 6) is 0.787. The van der Waals surface area contributed by atoms with Crippen LogP contribution in [0.2, 0.25) is 0 Å². The van der Waals surface area contributed by atoms with E-state index in [9.17, 15) is 4.79 Å². The van der Waals surface area contributed by atoms with Crippen LogP contribution in [0.5, 0.6) is 5.75 Å². The summed E-state index contributed by atoms with van der Waals surface area (Å²) < 4.78 is 5.69. The number of aliphatic hydroxyl groups is 1. The maximum absolute atomic E-state index is 12.0. The molecule has 0 bridgehead atoms. The Bertz CT molecular complexity index is 473. The lowest BCUT2D eigenvalue weighted by atomic mass is 9.95. The predicted octanol–water partition coefficient (Wildman–Crippen LogP) is 2.74. The summed E-state index contributed by atoms with van der Waals surface area (Å²) in [6.07, 6.45) is 1.67. The molecule has 1 unspecified atom stereocenters. The molecule has 1 aromatic rings. The molecule has 4 heteroatoms. The summed E-state index contributed by atoms with van der Waals surface area (Å²) in [6, 6.07) is 6.03. The highest BCUT2D eigenvalue weighted by atomic mass is 16.5. The number of rotatable bonds is 8. The number of hydrogen-bond acceptors (Lipinski definition) is 3. The highest BCUT2D eigenvalue weighted by molar-refractivity contribution is 5.76. The lowest BCUT2D eigenvalue weighted by Gasteiger charge is -2.29. The van der Waals surface area contributed by atoms with Crippen molar-refractivity contribution in [3.8, 4) is 5.75 Å². The number of aryl methyl sites for hydroxylation is 2. The Kier molecular flexibility index (Phi) is 6.69. The van der Waals surface area contributed by atoms with Crippen molar-refractivity contribution >= 4 is 5.91 Å². The monoisotopic (exact) mass is 293 g/mol. The third-order valence-electron chi connectivity index (χ3n) is 3.82. The molecule has 0 radical (unpaired) electrons. The van der Waals surface area contributed by atoms with Crippen LogP contribution in [-0.2, 0) is 4.79 Å². The maximum Gasteiger partial charge on any atom is 0.223 e. The number of benzene rings is 1. The number of carbonyl (C=O) groups is 1. The van der Waals surface area contributed by atoms with E-state index >= 15 is 0 Å². The van der Waals surface area contributed by atoms with Crippen LogP contribution in [0, 0.1) is 13.8 Å². The third-order valence-corrected chi connectivity index (χ3v) is 3.82. The van der Waals surface area contributed by atoms with E-state index in [1.807, 2.05) is 45.9 Å². The van der Waals surface area contributed by atoms with Crippen molar-refractivity contribution in [3.05, 3.63) is 29.3 Å². The van der Waals surface area contributed by atoms with Gasteiger partial charge in [0.2, 0.25) is 5.91 Å². The van der Waals surface area contributed by atoms with E-state index in [-0.39, 0.29) is 18.1 Å². The zero-order chi connectivity index (χ0) is 15.9. The minimum Gasteiger partial charge on any atom is -0.493 e. The molecular weight excluding hydrogens is 266 g/mol. The van der Waals surface area contributed by atoms with Gasteiger partial charge in [0.25, 0.3) is 0 Å². The lowest BCUT2D eigenvalue weighted by molar-refractivity contribution is -0.123. The second-order valence-electron chi connectivity index (χ2n) is 5.80. The average molecular weight is 293 g/mol. The third kappa shape index (κ3) is 5.76. The standard InChI is InChI=1S/C17H27NO3/c1-5-17(4,9-10-19)18-16(20)8-11-21-15-12-13(2)6-7-14(15)3/h6-7,12,19H,5,8-11H2,1-4H3,(H,18,20). The fourth-order valence-electron chi connectivity index (χ4n) is 2.09. The minimum absolute atomic E-state index is 0.0434. The first-order valence-electron chi connectivity index (χ1n) is 7.52. The van der Waals surface area contributed by atoms with Crippen molar-refractivity contribution in [2.24, 2.45) is 0 Å². The van der Waals surface area contributed by atoms with Gasteiger partial charge in [0.05, 0.1) is 13.0 Å². The van der Waals surface area contributed by atoms with Crippen LogP contribution < -0.4 is 10.1 Å². The highest BCUT2D eigenvalue weighted by Gasteiger charge is 2.23. The van der Waals surface area contributed by atoms with Crippen LogP contribution in [0.4, 0.5) is 0 Å². The van der Waals surface area contributed by atoms with Crippen molar-refractivity contribution in [1.82, 2.24) is 5.32 Å². The normalized spacial score (nSPS) is 13.6. The van der Waals surface area contributed by atoms with Gasteiger partial charge in [0, 0.05) is 12.1 Å². The van der Waals surface area contributed by atoms with Gasteiger partial charge in [0.15, 0.2) is 0 Å². The van der Waals surface area contributed by atoms with Gasteiger partial charge in [-0.3, -0.25) is 4.79 Å². The maximum atomic E-state index is 12.0. The quantitative estimate of drug-likeness (QED) is 0.775. The van der Waals surface area contributed by atoms with Gasteiger partial charge in [-0.2, -0.15) is 0 Å². The summed E-state index contributed by atoms with van der Waals surface area (Å²) in [5.41, 5.74) is 1.87. The molecule has 0 spiro atoms. The Morgan fingerprint density at radius 3 is 2.71 bits per heavy atom. The van der Waals surface area contributed by atoms with Crippen LogP contribution in [0.3, 0.4) is 0 Å². The second kappa shape index (κ2) is 8.03. The van der Waals surface area contributed by atoms with Crippen LogP contribution >= 0.6 is 0 Å². The number of aliphatic hydroxyl groups excluding tert-OH is 1. The molecular formula is C17H27NO3. The Morgan fingerprint density at radius 2 is 2.10 bits per heavy atom. The smallest absolute Gasteiger partial charge is 0.223 e. The van der Waals surface area contributed by atoms with Gasteiger partial charge >= 0.3 is 0 Å². The average Bonchev–Trinajstić information content (AvgIpc) is 2.43. The van der Waals surface area contributed by atoms with E-state index in [1.54, 1.807) is 0 Å². The van der Waals surface area contributed by atoms with Gasteiger partial charge < -0.3 is 15.2 Å². The number of nitrogens with one attached hydrogen (secondary N) is 1. The molecule has 1 atom stereocenters. The summed E-state index contributed by atoms with van der Waals surface area (Å²) in [7, 11) is 0. The number of hydrogen-bond donors (Lipinski definition) is 2. The molecule has 21 heavy (non-hydrogen) atoms. The Labute approximate surface area is 127 Å². The summed E-state index contributed by atoms with van der Waals surface area (Å²) in [4.78, 5) is 12.0. The van der Waals surface area contributed by atoms with Gasteiger partial charge in [-0.1, -0.05) is 19.1 Å². The molecule has 0 saturated heterocycles. The first-order chi connectivity index (χ1) is 9.90. The van der Waals surface area contributed by atoms with Crippen molar-refractivity contribution in [2.45, 2.75) is 52.5 Å². The molecule has 0 aliphatic heterocycles. The van der Waals surface area contributed by atoms with Crippen LogP contribution in [-0.4, -0.2) is 29.8 Å². The molecule has 0 aliphatic rings. The molecule has 0 fully saturated rings. The van der Waals surface area contributed by atoms with E-state index in [4.69, 9.17) is 9.84 Å². The fraction of sp³-hybridized carbons (Fsp3) is 0.588. The number of ether oxygens (including phenoxy) is 1. The zero-order valence-corrected chi connectivity index (χ0v) is 13.5. The molecule has 0 aromatic heterocycles. The Hall–Kier alpha value is -1.55. The number of amides is 1. The van der Waals surface area contributed by atoms with E-state index in [2.05, 4.69) is 5.32 Å². The van der Waals surface area contributed by atoms with Crippen LogP contribution in [0.15, 0.2) is 18.2 Å². The van der Waals surface area contributed by atoms with Gasteiger partial charge in [-0.25, -0.2) is 0 Å². The van der Waals surface area contributed by atoms with Gasteiger partial charge in [-0.05, 0) is 50.8 Å². The van der Waals surface area contributed by atoms with Crippen molar-refractivity contribution in [3.63, 3.8) is 0 Å². The number of carbonyl (C=O) groups excluding carboxylic acids is 1. The van der Waals surface area contributed by atoms with E-state index in [1.165, 1.54) is 0 Å². The van der Waals surface area contributed by atoms with Crippen LogP contribution in [0.1, 0.15) is 44.2 Å². The predicted molar refractivity (Wildman–Crippen MR) is 84.6 cm³/mol. The summed E-state index contributed by atoms with van der Waals surface area (Å²) in [6.45, 7) is 8.39. The SMILES string of the molecule is CCC(C)(CCO)NC(=O)CCOc1cc(C)ccc1C. The highest BCUT2D eigenvalue weighted by Crippen LogP contribution is 2.19. The molecule has 1 aromatic carbocycles. The largest absolute Gasteiger partial charge is 0.493 e. The lowest BCUT2D eigenvalue weighted by Crippen LogP contribution is -2.46. The Balaban J connectivity index is 2.45. The molecule has 0 heterocycles. The molecule has 0 saturated carbocycles. The van der Waals surface area contributed by atoms with E-state index < -0.39 is 0 Å². The molecule has 0 aliphatic carbocycles. The molecule has 1 rings (SSSR count). The molecule has 2 N–H and O–H groups in total. The first kappa shape index (κ1) is 17.5. The molecule has 118 valence electrons. The van der Waals surface area contributed by atoms with Crippen molar-refractivity contribution < 1.29 is 14.6 Å². The van der Waals surface area contributed by atoms with Crippen LogP contribution in [0.25, 0.3) is 0 Å². The summed E-state index contributed by atoms with van der Waals surface area (Å²) >= 11 is 0.